The first-order valence-corrected chi connectivity index (χ1v) is 7.47. The van der Waals surface area contributed by atoms with E-state index in [9.17, 15) is 27.6 Å². The quantitative estimate of drug-likeness (QED) is 0.869. The summed E-state index contributed by atoms with van der Waals surface area (Å²) in [5, 5.41) is 8.98. The molecule has 1 atom stereocenters. The first kappa shape index (κ1) is 17.1. The second kappa shape index (κ2) is 5.94. The lowest BCUT2D eigenvalue weighted by Gasteiger charge is -2.16. The van der Waals surface area contributed by atoms with Crippen LogP contribution in [0, 0.1) is 5.92 Å². The summed E-state index contributed by atoms with van der Waals surface area (Å²) in [5.41, 5.74) is -0.569. The highest BCUT2D eigenvalue weighted by molar-refractivity contribution is 5.97. The van der Waals surface area contributed by atoms with Crippen molar-refractivity contribution in [3.05, 3.63) is 34.2 Å². The number of imidazole rings is 1. The largest absolute Gasteiger partial charge is 0.481 e. The van der Waals surface area contributed by atoms with Crippen molar-refractivity contribution in [3.63, 3.8) is 0 Å². The molecule has 1 aliphatic rings. The first-order chi connectivity index (χ1) is 11.7. The average molecular weight is 357 g/mol. The highest BCUT2D eigenvalue weighted by Crippen LogP contribution is 2.23. The van der Waals surface area contributed by atoms with E-state index in [4.69, 9.17) is 5.11 Å². The fourth-order valence-electron chi connectivity index (χ4n) is 2.96. The van der Waals surface area contributed by atoms with Gasteiger partial charge >= 0.3 is 17.8 Å². The number of aliphatic carboxylic acids is 1. The third kappa shape index (κ3) is 3.37. The number of fused-ring (bicyclic) bond motifs is 1. The van der Waals surface area contributed by atoms with Crippen LogP contribution in [0.15, 0.2) is 23.0 Å². The normalized spacial score (nSPS) is 18.0. The number of nitrogens with zero attached hydrogens (tertiary/aromatic N) is 2. The fourth-order valence-corrected chi connectivity index (χ4v) is 2.96. The standard InChI is InChI=1S/C15H14F3N3O4/c16-15(17,18)7-21-11-2-1-8(5-10(11)19-14(21)25)12(22)20-4-3-9(6-20)13(23)24/h1-2,5,9H,3-4,6-7H2,(H,19,25)(H,23,24). The van der Waals surface area contributed by atoms with Gasteiger partial charge in [0.15, 0.2) is 0 Å². The Hall–Kier alpha value is -2.78. The molecule has 7 nitrogen and oxygen atoms in total. The van der Waals surface area contributed by atoms with Crippen molar-refractivity contribution in [3.8, 4) is 0 Å². The van der Waals surface area contributed by atoms with E-state index in [-0.39, 0.29) is 23.1 Å². The van der Waals surface area contributed by atoms with Gasteiger partial charge in [0.2, 0.25) is 0 Å². The molecule has 1 unspecified atom stereocenters. The summed E-state index contributed by atoms with van der Waals surface area (Å²) in [6, 6.07) is 3.91. The van der Waals surface area contributed by atoms with E-state index in [0.717, 1.165) is 0 Å². The molecule has 2 N–H and O–H groups in total. The van der Waals surface area contributed by atoms with E-state index in [0.29, 0.717) is 17.5 Å². The number of carbonyl (C=O) groups is 2. The van der Waals surface area contributed by atoms with E-state index in [1.165, 1.54) is 23.1 Å². The maximum Gasteiger partial charge on any atom is 0.406 e. The third-order valence-electron chi connectivity index (χ3n) is 4.18. The van der Waals surface area contributed by atoms with E-state index >= 15 is 0 Å². The van der Waals surface area contributed by atoms with Crippen molar-refractivity contribution in [2.24, 2.45) is 5.92 Å². The van der Waals surface area contributed by atoms with Gasteiger partial charge in [-0.15, -0.1) is 0 Å². The van der Waals surface area contributed by atoms with Gasteiger partial charge in [-0.05, 0) is 24.6 Å². The molecular formula is C15H14F3N3O4. The van der Waals surface area contributed by atoms with E-state index < -0.39 is 36.2 Å². The molecule has 0 spiro atoms. The number of carbonyl (C=O) groups excluding carboxylic acids is 1. The summed E-state index contributed by atoms with van der Waals surface area (Å²) in [5.74, 6) is -2.02. The number of carboxylic acids is 1. The van der Waals surface area contributed by atoms with Gasteiger partial charge in [0.1, 0.15) is 6.54 Å². The predicted octanol–water partition coefficient (Wildman–Crippen LogP) is 1.44. The molecule has 2 aromatic rings. The molecule has 1 saturated heterocycles. The minimum absolute atomic E-state index is 0.0451. The lowest BCUT2D eigenvalue weighted by Crippen LogP contribution is -2.29. The molecule has 1 fully saturated rings. The van der Waals surface area contributed by atoms with Crippen LogP contribution in [-0.4, -0.2) is 50.7 Å². The maximum atomic E-state index is 12.6. The first-order valence-electron chi connectivity index (χ1n) is 7.47. The number of hydrogen-bond acceptors (Lipinski definition) is 3. The number of rotatable bonds is 3. The molecule has 1 amide bonds. The van der Waals surface area contributed by atoms with Gasteiger partial charge < -0.3 is 15.0 Å². The number of H-pyrrole nitrogens is 1. The van der Waals surface area contributed by atoms with Gasteiger partial charge in [-0.25, -0.2) is 4.79 Å². The Bertz CT molecular complexity index is 900. The summed E-state index contributed by atoms with van der Waals surface area (Å²) in [7, 11) is 0. The Morgan fingerprint density at radius 2 is 2.04 bits per heavy atom. The molecule has 3 rings (SSSR count). The zero-order chi connectivity index (χ0) is 18.4. The number of nitrogens with one attached hydrogen (secondary N) is 1. The molecule has 134 valence electrons. The van der Waals surface area contributed by atoms with Crippen LogP contribution in [0.4, 0.5) is 13.2 Å². The summed E-state index contributed by atoms with van der Waals surface area (Å²) >= 11 is 0. The number of amides is 1. The van der Waals surface area contributed by atoms with Crippen molar-refractivity contribution in [2.45, 2.75) is 19.1 Å². The van der Waals surface area contributed by atoms with Crippen molar-refractivity contribution in [1.29, 1.82) is 0 Å². The number of aromatic nitrogens is 2. The zero-order valence-electron chi connectivity index (χ0n) is 12.8. The summed E-state index contributed by atoms with van der Waals surface area (Å²) in [4.78, 5) is 38.8. The predicted molar refractivity (Wildman–Crippen MR) is 80.3 cm³/mol. The van der Waals surface area contributed by atoms with Crippen LogP contribution in [0.25, 0.3) is 11.0 Å². The number of alkyl halides is 3. The number of aromatic amines is 1. The molecule has 1 aromatic heterocycles. The fraction of sp³-hybridized carbons (Fsp3) is 0.400. The zero-order valence-corrected chi connectivity index (χ0v) is 12.8. The number of halogens is 3. The Morgan fingerprint density at radius 1 is 1.32 bits per heavy atom. The van der Waals surface area contributed by atoms with Crippen LogP contribution in [0.1, 0.15) is 16.8 Å². The second-order valence-electron chi connectivity index (χ2n) is 5.94. The minimum Gasteiger partial charge on any atom is -0.481 e. The third-order valence-corrected chi connectivity index (χ3v) is 4.18. The Morgan fingerprint density at radius 3 is 2.64 bits per heavy atom. The molecule has 0 radical (unpaired) electrons. The van der Waals surface area contributed by atoms with Crippen molar-refractivity contribution < 1.29 is 27.9 Å². The lowest BCUT2D eigenvalue weighted by molar-refractivity contribution is -0.141. The summed E-state index contributed by atoms with van der Waals surface area (Å²) in [6.07, 6.45) is -4.20. The molecule has 10 heteroatoms. The van der Waals surface area contributed by atoms with E-state index in [2.05, 4.69) is 4.98 Å². The lowest BCUT2D eigenvalue weighted by atomic mass is 10.1. The topological polar surface area (TPSA) is 95.4 Å². The van der Waals surface area contributed by atoms with Crippen molar-refractivity contribution in [2.75, 3.05) is 13.1 Å². The Kier molecular flexibility index (Phi) is 4.05. The average Bonchev–Trinajstić information content (AvgIpc) is 3.11. The smallest absolute Gasteiger partial charge is 0.406 e. The van der Waals surface area contributed by atoms with Crippen LogP contribution in [-0.2, 0) is 11.3 Å². The van der Waals surface area contributed by atoms with Gasteiger partial charge in [0, 0.05) is 18.7 Å². The van der Waals surface area contributed by atoms with Crippen LogP contribution < -0.4 is 5.69 Å². The van der Waals surface area contributed by atoms with Crippen molar-refractivity contribution >= 4 is 22.9 Å². The van der Waals surface area contributed by atoms with Crippen molar-refractivity contribution in [1.82, 2.24) is 14.5 Å². The van der Waals surface area contributed by atoms with Gasteiger partial charge in [-0.2, -0.15) is 13.2 Å². The number of hydrogen-bond donors (Lipinski definition) is 2. The van der Waals surface area contributed by atoms with Crippen LogP contribution >= 0.6 is 0 Å². The molecular weight excluding hydrogens is 343 g/mol. The highest BCUT2D eigenvalue weighted by Gasteiger charge is 2.32. The Balaban J connectivity index is 1.88. The summed E-state index contributed by atoms with van der Waals surface area (Å²) in [6.45, 7) is -1.05. The Labute approximate surface area is 138 Å². The molecule has 1 aliphatic heterocycles. The molecule has 0 aliphatic carbocycles. The van der Waals surface area contributed by atoms with Crippen LogP contribution in [0.5, 0.6) is 0 Å². The monoisotopic (exact) mass is 357 g/mol. The SMILES string of the molecule is O=C(O)C1CCN(C(=O)c2ccc3c(c2)[nH]c(=O)n3CC(F)(F)F)C1. The molecule has 0 saturated carbocycles. The minimum atomic E-state index is -4.55. The van der Waals surface area contributed by atoms with E-state index in [1.54, 1.807) is 0 Å². The molecule has 0 bridgehead atoms. The molecule has 25 heavy (non-hydrogen) atoms. The van der Waals surface area contributed by atoms with Gasteiger partial charge in [-0.1, -0.05) is 0 Å². The van der Waals surface area contributed by atoms with Gasteiger partial charge in [0.05, 0.1) is 17.0 Å². The summed E-state index contributed by atoms with van der Waals surface area (Å²) < 4.78 is 38.2. The molecule has 1 aromatic carbocycles. The number of benzene rings is 1. The van der Waals surface area contributed by atoms with Crippen LogP contribution in [0.2, 0.25) is 0 Å². The number of carboxylic acid groups (broad SMARTS) is 1. The molecule has 2 heterocycles. The number of likely N-dealkylation sites (tertiary alicyclic amines) is 1. The van der Waals surface area contributed by atoms with E-state index in [1.807, 2.05) is 0 Å². The second-order valence-corrected chi connectivity index (χ2v) is 5.94. The van der Waals surface area contributed by atoms with Gasteiger partial charge in [0.25, 0.3) is 5.91 Å². The maximum absolute atomic E-state index is 12.6. The highest BCUT2D eigenvalue weighted by atomic mass is 19.4. The van der Waals surface area contributed by atoms with Gasteiger partial charge in [-0.3, -0.25) is 14.2 Å². The van der Waals surface area contributed by atoms with Crippen LogP contribution in [0.3, 0.4) is 0 Å².